The van der Waals surface area contributed by atoms with E-state index in [1.807, 2.05) is 12.3 Å². The number of nitrogens with zero attached hydrogens (tertiary/aromatic N) is 3. The van der Waals surface area contributed by atoms with Gasteiger partial charge in [0.25, 0.3) is 5.56 Å². The monoisotopic (exact) mass is 399 g/mol. The second-order valence-corrected chi connectivity index (χ2v) is 8.25. The van der Waals surface area contributed by atoms with Gasteiger partial charge in [0.15, 0.2) is 10.7 Å². The number of fused-ring (bicyclic) bond motifs is 1. The second-order valence-electron chi connectivity index (χ2n) is 7.38. The van der Waals surface area contributed by atoms with Gasteiger partial charge < -0.3 is 4.90 Å². The lowest BCUT2D eigenvalue weighted by Crippen LogP contribution is -2.28. The summed E-state index contributed by atoms with van der Waals surface area (Å²) < 4.78 is 14.6. The highest BCUT2D eigenvalue weighted by Gasteiger charge is 2.25. The van der Waals surface area contributed by atoms with Crippen molar-refractivity contribution in [3.63, 3.8) is 0 Å². The van der Waals surface area contributed by atoms with Gasteiger partial charge in [0.2, 0.25) is 0 Å². The number of carbonyl (C=O) groups is 1. The highest BCUT2D eigenvalue weighted by atomic mass is 32.1. The minimum absolute atomic E-state index is 0.0194. The van der Waals surface area contributed by atoms with Gasteiger partial charge in [-0.2, -0.15) is 0 Å². The third kappa shape index (κ3) is 3.91. The van der Waals surface area contributed by atoms with Gasteiger partial charge in [0.1, 0.15) is 5.82 Å². The van der Waals surface area contributed by atoms with Gasteiger partial charge in [-0.1, -0.05) is 0 Å². The van der Waals surface area contributed by atoms with Crippen molar-refractivity contribution in [1.82, 2.24) is 14.3 Å². The van der Waals surface area contributed by atoms with Crippen LogP contribution in [0.2, 0.25) is 0 Å². The van der Waals surface area contributed by atoms with Crippen LogP contribution < -0.4 is 5.56 Å². The van der Waals surface area contributed by atoms with E-state index in [0.717, 1.165) is 42.3 Å². The van der Waals surface area contributed by atoms with Crippen molar-refractivity contribution in [1.29, 1.82) is 0 Å². The summed E-state index contributed by atoms with van der Waals surface area (Å²) in [6, 6.07) is 5.75. The molecular formula is C21H22FN3O2S. The summed E-state index contributed by atoms with van der Waals surface area (Å²) in [6.07, 6.45) is 3.87. The first kappa shape index (κ1) is 19.0. The number of thiazole rings is 1. The standard InChI is InChI=1S/C21H22FN3O2S/c1-14-18(20(27)25-10-11-28-21(25)23-14)7-9-24-8-6-15(13-24)12-19(26)16-2-4-17(22)5-3-16/h2-5,10-11,15H,6-9,12-13H2,1H3. The van der Waals surface area contributed by atoms with Crippen LogP contribution in [0.4, 0.5) is 4.39 Å². The van der Waals surface area contributed by atoms with Crippen LogP contribution in [-0.2, 0) is 6.42 Å². The maximum Gasteiger partial charge on any atom is 0.261 e. The van der Waals surface area contributed by atoms with Crippen LogP contribution in [0.1, 0.15) is 34.5 Å². The number of ketones is 1. The molecule has 7 heteroatoms. The zero-order valence-corrected chi connectivity index (χ0v) is 16.5. The number of benzene rings is 1. The summed E-state index contributed by atoms with van der Waals surface area (Å²) in [7, 11) is 0. The molecule has 0 spiro atoms. The molecule has 1 fully saturated rings. The molecule has 5 nitrogen and oxygen atoms in total. The maximum atomic E-state index is 13.0. The van der Waals surface area contributed by atoms with E-state index in [0.29, 0.717) is 24.3 Å². The SMILES string of the molecule is Cc1nc2sccn2c(=O)c1CCN1CCC(CC(=O)c2ccc(F)cc2)C1. The molecule has 0 aliphatic carbocycles. The Morgan fingerprint density at radius 3 is 2.89 bits per heavy atom. The molecule has 3 heterocycles. The number of aromatic nitrogens is 2. The zero-order chi connectivity index (χ0) is 19.7. The van der Waals surface area contributed by atoms with Gasteiger partial charge in [-0.3, -0.25) is 14.0 Å². The van der Waals surface area contributed by atoms with Gasteiger partial charge in [-0.05, 0) is 56.5 Å². The Labute approximate surface area is 166 Å². The van der Waals surface area contributed by atoms with Crippen LogP contribution >= 0.6 is 11.3 Å². The summed E-state index contributed by atoms with van der Waals surface area (Å²) in [6.45, 7) is 4.46. The molecule has 28 heavy (non-hydrogen) atoms. The highest BCUT2D eigenvalue weighted by Crippen LogP contribution is 2.22. The van der Waals surface area contributed by atoms with Crippen molar-refractivity contribution in [3.8, 4) is 0 Å². The molecule has 1 aromatic carbocycles. The predicted molar refractivity (Wildman–Crippen MR) is 108 cm³/mol. The van der Waals surface area contributed by atoms with Crippen molar-refractivity contribution in [2.24, 2.45) is 5.92 Å². The Bertz CT molecular complexity index is 1060. The summed E-state index contributed by atoms with van der Waals surface area (Å²) in [4.78, 5) is 32.6. The fourth-order valence-corrected chi connectivity index (χ4v) is 4.63. The minimum Gasteiger partial charge on any atom is -0.303 e. The van der Waals surface area contributed by atoms with Gasteiger partial charge in [0, 0.05) is 47.9 Å². The van der Waals surface area contributed by atoms with Crippen molar-refractivity contribution in [2.75, 3.05) is 19.6 Å². The Morgan fingerprint density at radius 2 is 2.11 bits per heavy atom. The number of aryl methyl sites for hydroxylation is 1. The minimum atomic E-state index is -0.329. The topological polar surface area (TPSA) is 54.7 Å². The molecule has 0 amide bonds. The predicted octanol–water partition coefficient (Wildman–Crippen LogP) is 3.34. The molecule has 1 atom stereocenters. The summed E-state index contributed by atoms with van der Waals surface area (Å²) >= 11 is 1.46. The number of hydrogen-bond acceptors (Lipinski definition) is 5. The van der Waals surface area contributed by atoms with E-state index in [1.54, 1.807) is 22.7 Å². The molecule has 1 saturated heterocycles. The number of rotatable bonds is 6. The lowest BCUT2D eigenvalue weighted by atomic mass is 9.97. The van der Waals surface area contributed by atoms with E-state index >= 15 is 0 Å². The van der Waals surface area contributed by atoms with Crippen molar-refractivity contribution >= 4 is 22.1 Å². The lowest BCUT2D eigenvalue weighted by molar-refractivity contribution is 0.0962. The lowest BCUT2D eigenvalue weighted by Gasteiger charge is -2.16. The van der Waals surface area contributed by atoms with Crippen LogP contribution in [0.15, 0.2) is 40.6 Å². The number of hydrogen-bond donors (Lipinski definition) is 0. The van der Waals surface area contributed by atoms with E-state index in [1.165, 1.54) is 23.5 Å². The number of halogens is 1. The first-order valence-corrected chi connectivity index (χ1v) is 10.4. The number of Topliss-reactive ketones (excluding diaryl/α,β-unsaturated/α-hetero) is 1. The van der Waals surface area contributed by atoms with Crippen LogP contribution in [0, 0.1) is 18.7 Å². The van der Waals surface area contributed by atoms with E-state index in [2.05, 4.69) is 9.88 Å². The number of carbonyl (C=O) groups excluding carboxylic acids is 1. The summed E-state index contributed by atoms with van der Waals surface area (Å²) in [5, 5.41) is 1.87. The average molecular weight is 399 g/mol. The van der Waals surface area contributed by atoms with Crippen molar-refractivity contribution in [3.05, 3.63) is 68.8 Å². The van der Waals surface area contributed by atoms with E-state index in [-0.39, 0.29) is 17.2 Å². The Morgan fingerprint density at radius 1 is 1.32 bits per heavy atom. The molecule has 0 N–H and O–H groups in total. The molecule has 1 unspecified atom stereocenters. The third-order valence-electron chi connectivity index (χ3n) is 5.45. The summed E-state index contributed by atoms with van der Waals surface area (Å²) in [5.41, 5.74) is 2.15. The van der Waals surface area contributed by atoms with Gasteiger partial charge in [0.05, 0.1) is 0 Å². The summed E-state index contributed by atoms with van der Waals surface area (Å²) in [5.74, 6) is 0.0372. The molecule has 1 aliphatic rings. The largest absolute Gasteiger partial charge is 0.303 e. The first-order valence-electron chi connectivity index (χ1n) is 9.47. The van der Waals surface area contributed by atoms with E-state index in [4.69, 9.17) is 0 Å². The van der Waals surface area contributed by atoms with E-state index < -0.39 is 0 Å². The van der Waals surface area contributed by atoms with Crippen molar-refractivity contribution < 1.29 is 9.18 Å². The average Bonchev–Trinajstić information content (AvgIpc) is 3.31. The van der Waals surface area contributed by atoms with Crippen LogP contribution in [-0.4, -0.2) is 39.7 Å². The second kappa shape index (κ2) is 7.93. The number of likely N-dealkylation sites (tertiary alicyclic amines) is 1. The molecule has 1 aliphatic heterocycles. The zero-order valence-electron chi connectivity index (χ0n) is 15.7. The Kier molecular flexibility index (Phi) is 5.37. The molecule has 0 bridgehead atoms. The molecule has 0 radical (unpaired) electrons. The smallest absolute Gasteiger partial charge is 0.261 e. The Balaban J connectivity index is 1.35. The quantitative estimate of drug-likeness (QED) is 0.597. The van der Waals surface area contributed by atoms with Gasteiger partial charge in [-0.25, -0.2) is 9.37 Å². The molecule has 3 aromatic rings. The molecule has 4 rings (SSSR count). The van der Waals surface area contributed by atoms with Crippen LogP contribution in [0.5, 0.6) is 0 Å². The molecular weight excluding hydrogens is 377 g/mol. The van der Waals surface area contributed by atoms with Crippen LogP contribution in [0.25, 0.3) is 4.96 Å². The fraction of sp³-hybridized carbons (Fsp3) is 0.381. The molecule has 146 valence electrons. The molecule has 2 aromatic heterocycles. The van der Waals surface area contributed by atoms with Crippen LogP contribution in [0.3, 0.4) is 0 Å². The van der Waals surface area contributed by atoms with Gasteiger partial charge >= 0.3 is 0 Å². The maximum absolute atomic E-state index is 13.0. The fourth-order valence-electron chi connectivity index (χ4n) is 3.87. The Hall–Kier alpha value is -2.38. The van der Waals surface area contributed by atoms with Gasteiger partial charge in [-0.15, -0.1) is 11.3 Å². The highest BCUT2D eigenvalue weighted by molar-refractivity contribution is 7.15. The molecule has 0 saturated carbocycles. The normalized spacial score (nSPS) is 17.4. The first-order chi connectivity index (χ1) is 13.5. The third-order valence-corrected chi connectivity index (χ3v) is 6.21. The van der Waals surface area contributed by atoms with E-state index in [9.17, 15) is 14.0 Å². The van der Waals surface area contributed by atoms with Crippen molar-refractivity contribution in [2.45, 2.75) is 26.2 Å².